The minimum atomic E-state index is -0.266. The molecule has 0 atom stereocenters. The number of likely N-dealkylation sites (N-methyl/N-ethyl adjacent to an activating group) is 1. The summed E-state index contributed by atoms with van der Waals surface area (Å²) < 4.78 is 1.00. The molecule has 0 unspecified atom stereocenters. The fourth-order valence-electron chi connectivity index (χ4n) is 4.57. The quantitative estimate of drug-likeness (QED) is 0.137. The van der Waals surface area contributed by atoms with E-state index in [4.69, 9.17) is 9.97 Å². The van der Waals surface area contributed by atoms with Crippen LogP contribution in [0, 0.1) is 0 Å². The van der Waals surface area contributed by atoms with Crippen LogP contribution in [0.1, 0.15) is 10.4 Å². The topological polar surface area (TPSA) is 115 Å². The Labute approximate surface area is 252 Å². The van der Waals surface area contributed by atoms with E-state index in [-0.39, 0.29) is 11.8 Å². The molecular formula is C33H29N7O2S. The van der Waals surface area contributed by atoms with Crippen LogP contribution < -0.4 is 16.0 Å². The lowest BCUT2D eigenvalue weighted by Crippen LogP contribution is -2.13. The number of para-hydroxylation sites is 1. The van der Waals surface area contributed by atoms with E-state index < -0.39 is 0 Å². The fraction of sp³-hybridized carbons (Fsp3) is 0.0909. The summed E-state index contributed by atoms with van der Waals surface area (Å²) in [7, 11) is 3.86. The van der Waals surface area contributed by atoms with Gasteiger partial charge in [-0.15, -0.1) is 11.3 Å². The summed E-state index contributed by atoms with van der Waals surface area (Å²) in [6.07, 6.45) is 3.28. The van der Waals surface area contributed by atoms with E-state index in [2.05, 4.69) is 33.1 Å². The molecule has 0 aliphatic heterocycles. The van der Waals surface area contributed by atoms with Gasteiger partial charge in [-0.1, -0.05) is 30.3 Å². The third-order valence-corrected chi connectivity index (χ3v) is 7.53. The van der Waals surface area contributed by atoms with Crippen molar-refractivity contribution in [2.24, 2.45) is 0 Å². The van der Waals surface area contributed by atoms with Gasteiger partial charge in [0.25, 0.3) is 5.91 Å². The van der Waals surface area contributed by atoms with Gasteiger partial charge in [0, 0.05) is 46.1 Å². The average Bonchev–Trinajstić information content (AvgIpc) is 3.64. The molecule has 0 radical (unpaired) electrons. The first-order chi connectivity index (χ1) is 20.9. The smallest absolute Gasteiger partial charge is 0.255 e. The van der Waals surface area contributed by atoms with Crippen LogP contribution in [0.2, 0.25) is 0 Å². The highest BCUT2D eigenvalue weighted by Crippen LogP contribution is 2.33. The van der Waals surface area contributed by atoms with Crippen molar-refractivity contribution in [2.75, 3.05) is 36.6 Å². The first-order valence-corrected chi connectivity index (χ1v) is 14.5. The maximum atomic E-state index is 13.0. The van der Waals surface area contributed by atoms with E-state index in [1.54, 1.807) is 41.7 Å². The van der Waals surface area contributed by atoms with Crippen LogP contribution >= 0.6 is 11.3 Å². The molecular weight excluding hydrogens is 558 g/mol. The predicted octanol–water partition coefficient (Wildman–Crippen LogP) is 6.89. The lowest BCUT2D eigenvalue weighted by molar-refractivity contribution is -0.111. The third-order valence-electron chi connectivity index (χ3n) is 6.62. The van der Waals surface area contributed by atoms with Gasteiger partial charge in [-0.3, -0.25) is 9.59 Å². The number of anilines is 4. The number of nitrogens with zero attached hydrogens (tertiary/aromatic N) is 3. The van der Waals surface area contributed by atoms with E-state index >= 15 is 0 Å². The van der Waals surface area contributed by atoms with Crippen LogP contribution in [0.3, 0.4) is 0 Å². The van der Waals surface area contributed by atoms with E-state index in [0.717, 1.165) is 38.2 Å². The molecule has 0 aliphatic carbocycles. The molecule has 3 aromatic heterocycles. The second-order valence-electron chi connectivity index (χ2n) is 10.2. The largest absolute Gasteiger partial charge is 0.353 e. The first-order valence-electron chi connectivity index (χ1n) is 13.7. The van der Waals surface area contributed by atoms with Gasteiger partial charge >= 0.3 is 0 Å². The lowest BCUT2D eigenvalue weighted by Gasteiger charge is -2.10. The predicted molar refractivity (Wildman–Crippen MR) is 175 cm³/mol. The van der Waals surface area contributed by atoms with Crippen molar-refractivity contribution in [1.82, 2.24) is 19.9 Å². The lowest BCUT2D eigenvalue weighted by atomic mass is 10.2. The van der Waals surface area contributed by atoms with Crippen molar-refractivity contribution in [2.45, 2.75) is 0 Å². The summed E-state index contributed by atoms with van der Waals surface area (Å²) in [6.45, 7) is 0.673. The van der Waals surface area contributed by atoms with Gasteiger partial charge in [-0.05, 0) is 80.1 Å². The first kappa shape index (κ1) is 27.8. The normalized spacial score (nSPS) is 11.4. The van der Waals surface area contributed by atoms with Gasteiger partial charge in [-0.2, -0.15) is 0 Å². The van der Waals surface area contributed by atoms with Gasteiger partial charge in [0.15, 0.2) is 0 Å². The third kappa shape index (κ3) is 6.61. The summed E-state index contributed by atoms with van der Waals surface area (Å²) in [6, 6.07) is 26.3. The fourth-order valence-corrected chi connectivity index (χ4v) is 5.40. The minimum Gasteiger partial charge on any atom is -0.353 e. The Morgan fingerprint density at radius 1 is 0.884 bits per heavy atom. The number of fused-ring (bicyclic) bond motifs is 2. The van der Waals surface area contributed by atoms with E-state index in [1.165, 1.54) is 6.08 Å². The molecule has 4 N–H and O–H groups in total. The summed E-state index contributed by atoms with van der Waals surface area (Å²) in [5, 5.41) is 12.2. The number of hydrogen-bond acceptors (Lipinski definition) is 7. The molecule has 6 aromatic rings. The SMILES string of the molecule is CN(C)C/C=C/C(=O)Nc1ccc(C(=O)Nc2cccc(Nc3nc(-c4cc5ccccc5[nH]4)c4sccc4n3)c2)cc1. The molecule has 0 aliphatic rings. The monoisotopic (exact) mass is 587 g/mol. The Hall–Kier alpha value is -5.32. The van der Waals surface area contributed by atoms with Crippen LogP contribution in [0.5, 0.6) is 0 Å². The number of carbonyl (C=O) groups excluding carboxylic acids is 2. The molecule has 0 saturated heterocycles. The molecule has 6 rings (SSSR count). The number of aromatic amines is 1. The molecule has 10 heteroatoms. The van der Waals surface area contributed by atoms with Crippen molar-refractivity contribution >= 4 is 67.3 Å². The van der Waals surface area contributed by atoms with Crippen LogP contribution in [0.15, 0.2) is 102 Å². The molecule has 0 spiro atoms. The molecule has 2 amide bonds. The Morgan fingerprint density at radius 3 is 2.51 bits per heavy atom. The van der Waals surface area contributed by atoms with E-state index in [1.807, 2.05) is 72.9 Å². The zero-order valence-corrected chi connectivity index (χ0v) is 24.4. The Bertz CT molecular complexity index is 1920. The second kappa shape index (κ2) is 12.3. The van der Waals surface area contributed by atoms with Crippen molar-refractivity contribution < 1.29 is 9.59 Å². The maximum Gasteiger partial charge on any atom is 0.255 e. The number of carbonyl (C=O) groups is 2. The minimum absolute atomic E-state index is 0.223. The Balaban J connectivity index is 1.15. The molecule has 0 fully saturated rings. The number of H-pyrrole nitrogens is 1. The summed E-state index contributed by atoms with van der Waals surface area (Å²) in [4.78, 5) is 40.0. The van der Waals surface area contributed by atoms with Crippen molar-refractivity contribution in [1.29, 1.82) is 0 Å². The van der Waals surface area contributed by atoms with Crippen molar-refractivity contribution in [3.63, 3.8) is 0 Å². The average molecular weight is 588 g/mol. The van der Waals surface area contributed by atoms with Gasteiger partial charge in [0.05, 0.1) is 15.9 Å². The number of rotatable bonds is 9. The van der Waals surface area contributed by atoms with Crippen LogP contribution in [-0.4, -0.2) is 52.3 Å². The molecule has 0 bridgehead atoms. The number of thiophene rings is 1. The standard InChI is InChI=1S/C33H29N7O2S/c1-40(2)17-6-11-29(41)34-23-14-12-21(13-15-23)32(42)35-24-8-5-9-25(20-24)36-33-38-27-16-18-43-31(27)30(39-33)28-19-22-7-3-4-10-26(22)37-28/h3-16,18-20,37H,17H2,1-2H3,(H,34,41)(H,35,42)(H,36,38,39)/b11-6+. The zero-order valence-electron chi connectivity index (χ0n) is 23.6. The molecule has 214 valence electrons. The van der Waals surface area contributed by atoms with Gasteiger partial charge in [0.1, 0.15) is 5.69 Å². The zero-order chi connectivity index (χ0) is 29.8. The van der Waals surface area contributed by atoms with E-state index in [9.17, 15) is 9.59 Å². The highest BCUT2D eigenvalue weighted by atomic mass is 32.1. The molecule has 0 saturated carbocycles. The molecule has 3 aromatic carbocycles. The van der Waals surface area contributed by atoms with Crippen LogP contribution in [0.25, 0.3) is 32.5 Å². The van der Waals surface area contributed by atoms with Crippen LogP contribution in [0.4, 0.5) is 23.0 Å². The summed E-state index contributed by atoms with van der Waals surface area (Å²) >= 11 is 1.60. The second-order valence-corrected chi connectivity index (χ2v) is 11.1. The maximum absolute atomic E-state index is 13.0. The van der Waals surface area contributed by atoms with Gasteiger partial charge in [0.2, 0.25) is 11.9 Å². The summed E-state index contributed by atoms with van der Waals surface area (Å²) in [5.41, 5.74) is 6.07. The molecule has 3 heterocycles. The highest BCUT2D eigenvalue weighted by Gasteiger charge is 2.14. The van der Waals surface area contributed by atoms with Gasteiger partial charge < -0.3 is 25.8 Å². The number of nitrogens with one attached hydrogen (secondary N) is 4. The summed E-state index contributed by atoms with van der Waals surface area (Å²) in [5.74, 6) is -0.0332. The Morgan fingerprint density at radius 2 is 1.70 bits per heavy atom. The number of hydrogen-bond donors (Lipinski definition) is 4. The number of aromatic nitrogens is 3. The van der Waals surface area contributed by atoms with Crippen molar-refractivity contribution in [3.05, 3.63) is 108 Å². The number of benzene rings is 3. The molecule has 9 nitrogen and oxygen atoms in total. The van der Waals surface area contributed by atoms with E-state index in [0.29, 0.717) is 29.4 Å². The molecule has 43 heavy (non-hydrogen) atoms. The van der Waals surface area contributed by atoms with Crippen LogP contribution in [-0.2, 0) is 4.79 Å². The van der Waals surface area contributed by atoms with Gasteiger partial charge in [-0.25, -0.2) is 9.97 Å². The highest BCUT2D eigenvalue weighted by molar-refractivity contribution is 7.17. The Kier molecular flexibility index (Phi) is 7.94. The number of amides is 2. The van der Waals surface area contributed by atoms with Crippen molar-refractivity contribution in [3.8, 4) is 11.4 Å².